The summed E-state index contributed by atoms with van der Waals surface area (Å²) >= 11 is 1.48. The average molecular weight is 448 g/mol. The normalized spacial score (nSPS) is 22.1. The molecule has 2 saturated heterocycles. The lowest BCUT2D eigenvalue weighted by Crippen LogP contribution is -2.56. The Kier molecular flexibility index (Phi) is 5.59. The fraction of sp³-hybridized carbons (Fsp3) is 0.591. The average Bonchev–Trinajstić information content (AvgIpc) is 3.22. The van der Waals surface area contributed by atoms with E-state index < -0.39 is 11.6 Å². The molecule has 168 valence electrons. The van der Waals surface area contributed by atoms with Gasteiger partial charge in [-0.3, -0.25) is 0 Å². The van der Waals surface area contributed by atoms with Gasteiger partial charge >= 0.3 is 12.1 Å². The van der Waals surface area contributed by atoms with E-state index in [-0.39, 0.29) is 36.3 Å². The number of thiazole rings is 1. The van der Waals surface area contributed by atoms with E-state index >= 15 is 0 Å². The molecule has 2 aromatic rings. The lowest BCUT2D eigenvalue weighted by molar-refractivity contribution is 0.0209. The maximum Gasteiger partial charge on any atom is 0.410 e. The number of aromatic carboxylic acids is 1. The Morgan fingerprint density at radius 1 is 1.26 bits per heavy atom. The molecule has 2 aliphatic rings. The van der Waals surface area contributed by atoms with Crippen molar-refractivity contribution in [1.82, 2.24) is 9.88 Å². The van der Waals surface area contributed by atoms with Gasteiger partial charge in [0.05, 0.1) is 15.8 Å². The molecule has 1 aromatic carbocycles. The molecule has 4 rings (SSSR count). The van der Waals surface area contributed by atoms with Crippen LogP contribution in [0, 0.1) is 0 Å². The van der Waals surface area contributed by atoms with Crippen LogP contribution in [0.1, 0.15) is 62.4 Å². The van der Waals surface area contributed by atoms with E-state index in [1.807, 2.05) is 27.7 Å². The number of hydrogen-bond donors (Lipinski definition) is 2. The monoisotopic (exact) mass is 447 g/mol. The summed E-state index contributed by atoms with van der Waals surface area (Å²) in [7, 11) is 0. The molecule has 0 aliphatic carbocycles. The summed E-state index contributed by atoms with van der Waals surface area (Å²) in [6, 6.07) is 3.59. The molecule has 1 aromatic heterocycles. The van der Waals surface area contributed by atoms with Crippen molar-refractivity contribution in [3.63, 3.8) is 0 Å². The Bertz CT molecular complexity index is 1000. The van der Waals surface area contributed by atoms with Gasteiger partial charge in [0.1, 0.15) is 5.60 Å². The Morgan fingerprint density at radius 2 is 1.90 bits per heavy atom. The number of amides is 1. The van der Waals surface area contributed by atoms with Crippen molar-refractivity contribution in [3.05, 3.63) is 23.3 Å². The lowest BCUT2D eigenvalue weighted by atomic mass is 9.98. The van der Waals surface area contributed by atoms with Crippen LogP contribution in [0.3, 0.4) is 0 Å². The second-order valence-electron chi connectivity index (χ2n) is 9.48. The number of aromatic nitrogens is 1. The molecule has 0 spiro atoms. The maximum absolute atomic E-state index is 12.6. The van der Waals surface area contributed by atoms with Gasteiger partial charge in [-0.25, -0.2) is 14.6 Å². The van der Waals surface area contributed by atoms with Crippen LogP contribution >= 0.6 is 11.3 Å². The molecule has 2 bridgehead atoms. The predicted molar refractivity (Wildman–Crippen MR) is 119 cm³/mol. The fourth-order valence-corrected chi connectivity index (χ4v) is 5.63. The van der Waals surface area contributed by atoms with Crippen molar-refractivity contribution in [2.45, 2.75) is 64.1 Å². The number of anilines is 1. The Morgan fingerprint density at radius 3 is 2.45 bits per heavy atom. The molecule has 0 radical (unpaired) electrons. The van der Waals surface area contributed by atoms with Gasteiger partial charge in [-0.15, -0.1) is 0 Å². The number of aliphatic hydroxyl groups is 1. The number of carbonyl (C=O) groups is 2. The van der Waals surface area contributed by atoms with Gasteiger partial charge in [0.25, 0.3) is 0 Å². The number of rotatable bonds is 4. The van der Waals surface area contributed by atoms with E-state index in [0.29, 0.717) is 13.1 Å². The van der Waals surface area contributed by atoms with E-state index in [9.17, 15) is 19.8 Å². The molecule has 2 fully saturated rings. The topological polar surface area (TPSA) is 103 Å². The number of carboxylic acids is 1. The third kappa shape index (κ3) is 4.21. The highest BCUT2D eigenvalue weighted by Crippen LogP contribution is 2.41. The second kappa shape index (κ2) is 7.94. The lowest BCUT2D eigenvalue weighted by Gasteiger charge is -2.41. The number of hydrogen-bond acceptors (Lipinski definition) is 7. The Hall–Kier alpha value is -2.39. The smallest absolute Gasteiger partial charge is 0.410 e. The van der Waals surface area contributed by atoms with Crippen LogP contribution in [0.2, 0.25) is 0 Å². The van der Waals surface area contributed by atoms with Gasteiger partial charge in [0, 0.05) is 37.7 Å². The number of aliphatic hydroxyl groups excluding tert-OH is 1. The third-order valence-electron chi connectivity index (χ3n) is 5.92. The molecule has 9 heteroatoms. The first-order valence-corrected chi connectivity index (χ1v) is 11.4. The number of piperazine rings is 1. The molecule has 3 heterocycles. The SMILES string of the molecule is CC(CO)c1cc(C(=O)O)cc2sc(N3C4CCC3CN(C(=O)OC(C)(C)C)C4)nc12. The van der Waals surface area contributed by atoms with Gasteiger partial charge in [-0.2, -0.15) is 0 Å². The molecule has 8 nitrogen and oxygen atoms in total. The minimum absolute atomic E-state index is 0.0785. The van der Waals surface area contributed by atoms with Gasteiger partial charge < -0.3 is 24.7 Å². The van der Waals surface area contributed by atoms with E-state index in [0.717, 1.165) is 33.8 Å². The Labute approximate surface area is 185 Å². The largest absolute Gasteiger partial charge is 0.478 e. The van der Waals surface area contributed by atoms with Gasteiger partial charge in [0.15, 0.2) is 5.13 Å². The minimum Gasteiger partial charge on any atom is -0.478 e. The summed E-state index contributed by atoms with van der Waals surface area (Å²) in [5.41, 5.74) is 1.18. The van der Waals surface area contributed by atoms with E-state index in [1.165, 1.54) is 11.3 Å². The third-order valence-corrected chi connectivity index (χ3v) is 6.94. The van der Waals surface area contributed by atoms with Gasteiger partial charge in [-0.05, 0) is 51.3 Å². The molecule has 3 atom stereocenters. The number of fused-ring (bicyclic) bond motifs is 3. The quantitative estimate of drug-likeness (QED) is 0.737. The summed E-state index contributed by atoms with van der Waals surface area (Å²) in [6.45, 7) is 8.56. The maximum atomic E-state index is 12.6. The molecule has 2 N–H and O–H groups in total. The van der Waals surface area contributed by atoms with Crippen molar-refractivity contribution in [2.24, 2.45) is 0 Å². The number of nitrogens with zero attached hydrogens (tertiary/aromatic N) is 3. The molecule has 1 amide bonds. The predicted octanol–water partition coefficient (Wildman–Crippen LogP) is 3.68. The van der Waals surface area contributed by atoms with Crippen molar-refractivity contribution in [1.29, 1.82) is 0 Å². The highest BCUT2D eigenvalue weighted by atomic mass is 32.1. The number of carboxylic acid groups (broad SMARTS) is 1. The van der Waals surface area contributed by atoms with Crippen LogP contribution in [-0.2, 0) is 4.74 Å². The minimum atomic E-state index is -0.991. The summed E-state index contributed by atoms with van der Waals surface area (Å²) in [5, 5.41) is 20.0. The summed E-state index contributed by atoms with van der Waals surface area (Å²) < 4.78 is 6.36. The molecular weight excluding hydrogens is 418 g/mol. The van der Waals surface area contributed by atoms with Crippen molar-refractivity contribution in [2.75, 3.05) is 24.6 Å². The summed E-state index contributed by atoms with van der Waals surface area (Å²) in [4.78, 5) is 33.1. The van der Waals surface area contributed by atoms with Crippen LogP contribution in [-0.4, -0.2) is 69.5 Å². The molecule has 3 unspecified atom stereocenters. The zero-order valence-electron chi connectivity index (χ0n) is 18.3. The number of ether oxygens (including phenoxy) is 1. The van der Waals surface area contributed by atoms with E-state index in [1.54, 1.807) is 17.0 Å². The van der Waals surface area contributed by atoms with Crippen molar-refractivity contribution in [3.8, 4) is 0 Å². The zero-order chi connectivity index (χ0) is 22.5. The highest BCUT2D eigenvalue weighted by Gasteiger charge is 2.43. The van der Waals surface area contributed by atoms with Crippen LogP contribution in [0.25, 0.3) is 10.2 Å². The van der Waals surface area contributed by atoms with Gasteiger partial charge in [0.2, 0.25) is 0 Å². The van der Waals surface area contributed by atoms with Crippen molar-refractivity contribution < 1.29 is 24.5 Å². The summed E-state index contributed by atoms with van der Waals surface area (Å²) in [5.74, 6) is -1.20. The fourth-order valence-electron chi connectivity index (χ4n) is 4.44. The number of carbonyl (C=O) groups excluding carboxylic acids is 1. The molecule has 2 aliphatic heterocycles. The highest BCUT2D eigenvalue weighted by molar-refractivity contribution is 7.22. The van der Waals surface area contributed by atoms with Crippen LogP contribution in [0.4, 0.5) is 9.93 Å². The molecule has 0 saturated carbocycles. The summed E-state index contributed by atoms with van der Waals surface area (Å²) in [6.07, 6.45) is 1.67. The first-order valence-electron chi connectivity index (χ1n) is 10.6. The van der Waals surface area contributed by atoms with Gasteiger partial charge in [-0.1, -0.05) is 18.3 Å². The Balaban J connectivity index is 1.64. The molecular formula is C22H29N3O5S. The standard InChI is InChI=1S/C22H29N3O5S/c1-12(11-26)16-7-13(19(27)28)8-17-18(16)23-20(31-17)25-14-5-6-15(25)10-24(9-14)21(29)30-22(2,3)4/h7-8,12,14-15,26H,5-6,9-11H2,1-4H3,(H,27,28). The second-order valence-corrected chi connectivity index (χ2v) is 10.5. The number of benzene rings is 1. The van der Waals surface area contributed by atoms with Crippen LogP contribution in [0.15, 0.2) is 12.1 Å². The van der Waals surface area contributed by atoms with Crippen molar-refractivity contribution >= 4 is 38.7 Å². The van der Waals surface area contributed by atoms with E-state index in [4.69, 9.17) is 9.72 Å². The van der Waals surface area contributed by atoms with E-state index in [2.05, 4.69) is 4.90 Å². The first-order chi connectivity index (χ1) is 14.6. The van der Waals surface area contributed by atoms with Crippen LogP contribution < -0.4 is 4.90 Å². The number of likely N-dealkylation sites (tertiary alicyclic amines) is 1. The zero-order valence-corrected chi connectivity index (χ0v) is 19.1. The molecule has 31 heavy (non-hydrogen) atoms. The van der Waals surface area contributed by atoms with Crippen LogP contribution in [0.5, 0.6) is 0 Å². The first kappa shape index (κ1) is 21.8.